The fourth-order valence-corrected chi connectivity index (χ4v) is 9.52. The summed E-state index contributed by atoms with van der Waals surface area (Å²) in [6.07, 6.45) is 0.885. The highest BCUT2D eigenvalue weighted by atomic mass is 16.5. The third-order valence-electron chi connectivity index (χ3n) is 11.6. The van der Waals surface area contributed by atoms with Gasteiger partial charge in [-0.2, -0.15) is 0 Å². The van der Waals surface area contributed by atoms with Crippen LogP contribution in [0.1, 0.15) is 38.9 Å². The minimum absolute atomic E-state index is 0.494. The lowest BCUT2D eigenvalue weighted by Crippen LogP contribution is -2.37. The molecule has 0 N–H and O–H groups in total. The van der Waals surface area contributed by atoms with Crippen molar-refractivity contribution < 1.29 is 4.74 Å². The summed E-state index contributed by atoms with van der Waals surface area (Å²) >= 11 is 0. The SMILES string of the molecule is c1ccc(-c2cccc3c2C2(c4ccccc4COc4cc(-c5cccc6c7ccccc7n(-c7ccccc7)c56)ccc42)c2ccccc2C3)cc1. The monoisotopic (exact) mass is 677 g/mol. The van der Waals surface area contributed by atoms with Crippen molar-refractivity contribution in [2.75, 3.05) is 0 Å². The van der Waals surface area contributed by atoms with E-state index in [0.29, 0.717) is 6.61 Å². The number of hydrogen-bond acceptors (Lipinski definition) is 1. The van der Waals surface area contributed by atoms with Crippen molar-refractivity contribution >= 4 is 21.8 Å². The van der Waals surface area contributed by atoms with Crippen molar-refractivity contribution in [3.8, 4) is 33.7 Å². The number of nitrogens with zero attached hydrogens (tertiary/aromatic N) is 1. The molecule has 9 aromatic rings. The Balaban J connectivity index is 1.23. The highest BCUT2D eigenvalue weighted by molar-refractivity contribution is 6.13. The summed E-state index contributed by atoms with van der Waals surface area (Å²) in [5.41, 5.74) is 16.8. The third-order valence-corrected chi connectivity index (χ3v) is 11.6. The molecule has 11 rings (SSSR count). The smallest absolute Gasteiger partial charge is 0.125 e. The fraction of sp³-hybridized carbons (Fsp3) is 0.0588. The topological polar surface area (TPSA) is 14.2 Å². The van der Waals surface area contributed by atoms with Gasteiger partial charge in [0.2, 0.25) is 0 Å². The summed E-state index contributed by atoms with van der Waals surface area (Å²) in [7, 11) is 0. The van der Waals surface area contributed by atoms with Crippen LogP contribution in [-0.4, -0.2) is 4.57 Å². The number of ether oxygens (including phenoxy) is 1. The molecule has 2 heterocycles. The predicted octanol–water partition coefficient (Wildman–Crippen LogP) is 12.3. The molecule has 2 aliphatic rings. The number of hydrogen-bond donors (Lipinski definition) is 0. The van der Waals surface area contributed by atoms with Gasteiger partial charge in [0.15, 0.2) is 0 Å². The first-order valence-corrected chi connectivity index (χ1v) is 18.5. The van der Waals surface area contributed by atoms with Crippen molar-refractivity contribution in [3.63, 3.8) is 0 Å². The van der Waals surface area contributed by atoms with E-state index in [1.54, 1.807) is 0 Å². The summed E-state index contributed by atoms with van der Waals surface area (Å²) in [5.74, 6) is 0.920. The predicted molar refractivity (Wildman–Crippen MR) is 217 cm³/mol. The van der Waals surface area contributed by atoms with Gasteiger partial charge in [-0.3, -0.25) is 0 Å². The van der Waals surface area contributed by atoms with Crippen molar-refractivity contribution in [2.24, 2.45) is 0 Å². The van der Waals surface area contributed by atoms with Crippen molar-refractivity contribution in [1.29, 1.82) is 0 Å². The summed E-state index contributed by atoms with van der Waals surface area (Å²) in [6.45, 7) is 0.494. The molecule has 0 radical (unpaired) electrons. The maximum Gasteiger partial charge on any atom is 0.125 e. The van der Waals surface area contributed by atoms with Gasteiger partial charge in [-0.25, -0.2) is 0 Å². The van der Waals surface area contributed by atoms with Gasteiger partial charge in [-0.05, 0) is 80.8 Å². The van der Waals surface area contributed by atoms with E-state index in [4.69, 9.17) is 4.74 Å². The van der Waals surface area contributed by atoms with Gasteiger partial charge in [0, 0.05) is 27.6 Å². The summed E-state index contributed by atoms with van der Waals surface area (Å²) in [5, 5.41) is 2.49. The number of aromatic nitrogens is 1. The van der Waals surface area contributed by atoms with E-state index < -0.39 is 5.41 Å². The van der Waals surface area contributed by atoms with Crippen LogP contribution >= 0.6 is 0 Å². The van der Waals surface area contributed by atoms with Crippen LogP contribution in [0.4, 0.5) is 0 Å². The molecule has 2 heteroatoms. The minimum Gasteiger partial charge on any atom is -0.489 e. The van der Waals surface area contributed by atoms with Gasteiger partial charge >= 0.3 is 0 Å². The van der Waals surface area contributed by atoms with Gasteiger partial charge in [0.05, 0.1) is 16.4 Å². The maximum absolute atomic E-state index is 7.02. The zero-order valence-electron chi connectivity index (χ0n) is 29.2. The summed E-state index contributed by atoms with van der Waals surface area (Å²) < 4.78 is 9.44. The lowest BCUT2D eigenvalue weighted by atomic mass is 9.57. The van der Waals surface area contributed by atoms with Crippen LogP contribution in [-0.2, 0) is 18.4 Å². The van der Waals surface area contributed by atoms with Gasteiger partial charge in [-0.1, -0.05) is 164 Å². The van der Waals surface area contributed by atoms with Crippen LogP contribution < -0.4 is 4.74 Å². The highest BCUT2D eigenvalue weighted by Crippen LogP contribution is 2.58. The Morgan fingerprint density at radius 2 is 1.09 bits per heavy atom. The van der Waals surface area contributed by atoms with Gasteiger partial charge in [0.1, 0.15) is 12.4 Å². The molecule has 8 aromatic carbocycles. The Morgan fingerprint density at radius 1 is 0.453 bits per heavy atom. The first-order valence-electron chi connectivity index (χ1n) is 18.5. The van der Waals surface area contributed by atoms with Crippen LogP contribution in [0.5, 0.6) is 5.75 Å². The van der Waals surface area contributed by atoms with E-state index in [-0.39, 0.29) is 0 Å². The second kappa shape index (κ2) is 11.7. The minimum atomic E-state index is -0.595. The molecule has 0 saturated carbocycles. The highest BCUT2D eigenvalue weighted by Gasteiger charge is 2.49. The standard InChI is InChI=1S/C51H35NO/c1-3-15-34(16-4-1)40-23-13-19-37-31-36-17-7-10-26-44(36)51(49(37)40)45-27-11-8-18-38(45)33-53-48-32-35(29-30-46(48)51)41-24-14-25-43-42-22-9-12-28-47(42)52(50(41)43)39-20-5-2-6-21-39/h1-30,32H,31,33H2. The van der Waals surface area contributed by atoms with E-state index in [9.17, 15) is 0 Å². The number of rotatable bonds is 3. The Labute approximate surface area is 309 Å². The zero-order valence-corrected chi connectivity index (χ0v) is 29.2. The average molecular weight is 678 g/mol. The molecule has 1 atom stereocenters. The molecule has 0 amide bonds. The molecular weight excluding hydrogens is 643 g/mol. The Hall–Kier alpha value is -6.64. The van der Waals surface area contributed by atoms with Crippen LogP contribution in [0, 0.1) is 0 Å². The molecule has 1 aliphatic carbocycles. The molecule has 53 heavy (non-hydrogen) atoms. The van der Waals surface area contributed by atoms with Crippen LogP contribution in [0.15, 0.2) is 188 Å². The molecule has 1 unspecified atom stereocenters. The van der Waals surface area contributed by atoms with Crippen molar-refractivity contribution in [2.45, 2.75) is 18.4 Å². The van der Waals surface area contributed by atoms with E-state index in [2.05, 4.69) is 193 Å². The third kappa shape index (κ3) is 4.33. The first-order chi connectivity index (χ1) is 26.3. The molecular formula is C51H35NO. The number of para-hydroxylation sites is 3. The van der Waals surface area contributed by atoms with E-state index >= 15 is 0 Å². The second-order valence-corrected chi connectivity index (χ2v) is 14.3. The Kier molecular flexibility index (Phi) is 6.63. The van der Waals surface area contributed by atoms with E-state index in [1.807, 2.05) is 0 Å². The molecule has 1 spiro atoms. The van der Waals surface area contributed by atoms with E-state index in [1.165, 1.54) is 77.4 Å². The number of fused-ring (bicyclic) bond motifs is 11. The lowest BCUT2D eigenvalue weighted by molar-refractivity contribution is 0.306. The van der Waals surface area contributed by atoms with Gasteiger partial charge in [0.25, 0.3) is 0 Å². The quantitative estimate of drug-likeness (QED) is 0.182. The zero-order chi connectivity index (χ0) is 34.9. The maximum atomic E-state index is 7.02. The molecule has 1 aromatic heterocycles. The van der Waals surface area contributed by atoms with Crippen molar-refractivity contribution in [3.05, 3.63) is 227 Å². The summed E-state index contributed by atoms with van der Waals surface area (Å²) in [4.78, 5) is 0. The fourth-order valence-electron chi connectivity index (χ4n) is 9.52. The lowest BCUT2D eigenvalue weighted by Gasteiger charge is -2.44. The van der Waals surface area contributed by atoms with Gasteiger partial charge < -0.3 is 9.30 Å². The molecule has 2 nitrogen and oxygen atoms in total. The Morgan fingerprint density at radius 3 is 1.94 bits per heavy atom. The summed E-state index contributed by atoms with van der Waals surface area (Å²) in [6, 6.07) is 69.0. The molecule has 1 aliphatic heterocycles. The largest absolute Gasteiger partial charge is 0.489 e. The van der Waals surface area contributed by atoms with E-state index in [0.717, 1.165) is 23.4 Å². The number of benzene rings is 8. The molecule has 0 saturated heterocycles. The first kappa shape index (κ1) is 30.0. The molecule has 0 bridgehead atoms. The van der Waals surface area contributed by atoms with Crippen LogP contribution in [0.2, 0.25) is 0 Å². The van der Waals surface area contributed by atoms with Gasteiger partial charge in [-0.15, -0.1) is 0 Å². The normalized spacial score (nSPS) is 15.6. The Bertz CT molecular complexity index is 2870. The molecule has 0 fully saturated rings. The van der Waals surface area contributed by atoms with Crippen molar-refractivity contribution in [1.82, 2.24) is 4.57 Å². The average Bonchev–Trinajstić information content (AvgIpc) is 3.50. The molecule has 250 valence electrons. The van der Waals surface area contributed by atoms with Crippen LogP contribution in [0.25, 0.3) is 49.7 Å². The van der Waals surface area contributed by atoms with Crippen LogP contribution in [0.3, 0.4) is 0 Å². The second-order valence-electron chi connectivity index (χ2n) is 14.3.